The highest BCUT2D eigenvalue weighted by molar-refractivity contribution is 7.94. The lowest BCUT2D eigenvalue weighted by Crippen LogP contribution is -2.44. The molecule has 156 valence electrons. The molecule has 29 heavy (non-hydrogen) atoms. The molecule has 2 fully saturated rings. The Labute approximate surface area is 172 Å². The lowest BCUT2D eigenvalue weighted by Gasteiger charge is -2.34. The van der Waals surface area contributed by atoms with Crippen LogP contribution in [0.4, 0.5) is 0 Å². The lowest BCUT2D eigenvalue weighted by atomic mass is 9.91. The van der Waals surface area contributed by atoms with Gasteiger partial charge in [-0.15, -0.1) is 0 Å². The molecule has 0 radical (unpaired) electrons. The molecule has 0 bridgehead atoms. The average Bonchev–Trinajstić information content (AvgIpc) is 2.99. The molecule has 0 amide bonds. The first-order valence-corrected chi connectivity index (χ1v) is 12.0. The number of benzene rings is 1. The van der Waals surface area contributed by atoms with Gasteiger partial charge < -0.3 is 4.90 Å². The van der Waals surface area contributed by atoms with E-state index in [1.165, 1.54) is 4.31 Å². The summed E-state index contributed by atoms with van der Waals surface area (Å²) in [5.74, 6) is -0.647. The number of rotatable bonds is 3. The standard InChI is InChI=1S/C22H28N2O4S/c1-16-9-8-14-24(15-16)29(27,28)22-19(23-12-6-2-3-7-13-23)20(25)17-10-4-5-11-18(17)21(22)26/h4-5,10-11,16H,2-3,6-9,12-15H2,1H3. The number of hydrogen-bond acceptors (Lipinski definition) is 5. The molecule has 0 N–H and O–H groups in total. The highest BCUT2D eigenvalue weighted by Gasteiger charge is 2.44. The third-order valence-corrected chi connectivity index (χ3v) is 8.10. The van der Waals surface area contributed by atoms with Crippen LogP contribution >= 0.6 is 0 Å². The molecule has 1 aliphatic carbocycles. The van der Waals surface area contributed by atoms with E-state index >= 15 is 0 Å². The maximum atomic E-state index is 13.7. The summed E-state index contributed by atoms with van der Waals surface area (Å²) in [7, 11) is -4.05. The Hall–Kier alpha value is -1.99. The fraction of sp³-hybridized carbons (Fsp3) is 0.545. The van der Waals surface area contributed by atoms with E-state index in [0.29, 0.717) is 31.7 Å². The van der Waals surface area contributed by atoms with Crippen LogP contribution in [0.15, 0.2) is 34.9 Å². The Morgan fingerprint density at radius 2 is 1.48 bits per heavy atom. The molecule has 1 unspecified atom stereocenters. The van der Waals surface area contributed by atoms with Crippen LogP contribution in [-0.4, -0.2) is 55.4 Å². The quantitative estimate of drug-likeness (QED) is 0.756. The number of Topliss-reactive ketones (excluding diaryl/α,β-unsaturated/α-hetero) is 2. The minimum absolute atomic E-state index is 0.0915. The van der Waals surface area contributed by atoms with Gasteiger partial charge in [-0.1, -0.05) is 44.0 Å². The van der Waals surface area contributed by atoms with E-state index < -0.39 is 15.8 Å². The fourth-order valence-corrected chi connectivity index (χ4v) is 6.54. The van der Waals surface area contributed by atoms with Crippen molar-refractivity contribution in [2.75, 3.05) is 26.2 Å². The summed E-state index contributed by atoms with van der Waals surface area (Å²) >= 11 is 0. The second-order valence-corrected chi connectivity index (χ2v) is 10.3. The second-order valence-electron chi connectivity index (χ2n) is 8.39. The van der Waals surface area contributed by atoms with Crippen molar-refractivity contribution < 1.29 is 18.0 Å². The number of allylic oxidation sites excluding steroid dienone is 2. The molecule has 0 aromatic heterocycles. The molecule has 2 saturated heterocycles. The average molecular weight is 417 g/mol. The molecule has 0 spiro atoms. The molecule has 7 heteroatoms. The van der Waals surface area contributed by atoms with Gasteiger partial charge in [0.15, 0.2) is 4.91 Å². The van der Waals surface area contributed by atoms with Crippen molar-refractivity contribution in [1.29, 1.82) is 0 Å². The minimum atomic E-state index is -4.05. The third-order valence-electron chi connectivity index (χ3n) is 6.19. The molecule has 6 nitrogen and oxygen atoms in total. The van der Waals surface area contributed by atoms with E-state index in [9.17, 15) is 18.0 Å². The number of piperidine rings is 1. The van der Waals surface area contributed by atoms with Crippen LogP contribution in [0, 0.1) is 5.92 Å². The predicted molar refractivity (Wildman–Crippen MR) is 111 cm³/mol. The zero-order chi connectivity index (χ0) is 20.6. The first-order valence-electron chi connectivity index (χ1n) is 10.6. The van der Waals surface area contributed by atoms with Crippen LogP contribution in [0.3, 0.4) is 0 Å². The van der Waals surface area contributed by atoms with Gasteiger partial charge in [-0.3, -0.25) is 9.59 Å². The summed E-state index contributed by atoms with van der Waals surface area (Å²) < 4.78 is 28.7. The van der Waals surface area contributed by atoms with Crippen molar-refractivity contribution in [1.82, 2.24) is 9.21 Å². The smallest absolute Gasteiger partial charge is 0.249 e. The van der Waals surface area contributed by atoms with Crippen LogP contribution in [0.5, 0.6) is 0 Å². The van der Waals surface area contributed by atoms with Crippen molar-refractivity contribution in [3.63, 3.8) is 0 Å². The normalized spacial score (nSPS) is 24.4. The van der Waals surface area contributed by atoms with Crippen molar-refractivity contribution >= 4 is 21.6 Å². The number of sulfonamides is 1. The van der Waals surface area contributed by atoms with E-state index in [0.717, 1.165) is 38.5 Å². The van der Waals surface area contributed by atoms with Crippen molar-refractivity contribution in [3.05, 3.63) is 46.0 Å². The van der Waals surface area contributed by atoms with Gasteiger partial charge in [-0.05, 0) is 31.6 Å². The summed E-state index contributed by atoms with van der Waals surface area (Å²) in [6.07, 6.45) is 5.62. The Kier molecular flexibility index (Phi) is 5.62. The Balaban J connectivity index is 1.88. The molecule has 2 heterocycles. The molecule has 0 saturated carbocycles. The highest BCUT2D eigenvalue weighted by atomic mass is 32.2. The van der Waals surface area contributed by atoms with Crippen LogP contribution < -0.4 is 0 Å². The Morgan fingerprint density at radius 1 is 0.862 bits per heavy atom. The molecule has 2 aliphatic heterocycles. The molecular formula is C22H28N2O4S. The van der Waals surface area contributed by atoms with Crippen LogP contribution in [0.25, 0.3) is 0 Å². The fourth-order valence-electron chi connectivity index (χ4n) is 4.65. The maximum Gasteiger partial charge on any atom is 0.249 e. The van der Waals surface area contributed by atoms with E-state index in [-0.39, 0.29) is 27.9 Å². The monoisotopic (exact) mass is 416 g/mol. The van der Waals surface area contributed by atoms with Gasteiger partial charge in [0.05, 0.1) is 0 Å². The van der Waals surface area contributed by atoms with Crippen molar-refractivity contribution in [3.8, 4) is 0 Å². The summed E-state index contributed by atoms with van der Waals surface area (Å²) in [5.41, 5.74) is 0.594. The zero-order valence-electron chi connectivity index (χ0n) is 16.9. The number of carbonyl (C=O) groups is 2. The predicted octanol–water partition coefficient (Wildman–Crippen LogP) is 3.21. The van der Waals surface area contributed by atoms with Crippen LogP contribution in [0.2, 0.25) is 0 Å². The molecule has 4 rings (SSSR count). The molecule has 1 atom stereocenters. The minimum Gasteiger partial charge on any atom is -0.367 e. The van der Waals surface area contributed by atoms with Gasteiger partial charge in [0.25, 0.3) is 0 Å². The van der Waals surface area contributed by atoms with Gasteiger partial charge in [-0.2, -0.15) is 4.31 Å². The highest BCUT2D eigenvalue weighted by Crippen LogP contribution is 2.35. The van der Waals surface area contributed by atoms with Crippen molar-refractivity contribution in [2.24, 2.45) is 5.92 Å². The number of hydrogen-bond donors (Lipinski definition) is 0. The summed E-state index contributed by atoms with van der Waals surface area (Å²) in [4.78, 5) is 28.4. The molecule has 1 aromatic carbocycles. The number of likely N-dealkylation sites (tertiary alicyclic amines) is 1. The molecule has 3 aliphatic rings. The first-order chi connectivity index (χ1) is 13.9. The summed E-state index contributed by atoms with van der Waals surface area (Å²) in [5, 5.41) is 0. The van der Waals surface area contributed by atoms with Crippen LogP contribution in [-0.2, 0) is 10.0 Å². The maximum absolute atomic E-state index is 13.7. The van der Waals surface area contributed by atoms with Gasteiger partial charge >= 0.3 is 0 Å². The Morgan fingerprint density at radius 3 is 2.10 bits per heavy atom. The van der Waals surface area contributed by atoms with Gasteiger partial charge in [0.1, 0.15) is 5.70 Å². The SMILES string of the molecule is CC1CCCN(S(=O)(=O)C2=C(N3CCCCCC3)C(=O)c3ccccc3C2=O)C1. The molecule has 1 aromatic rings. The van der Waals surface area contributed by atoms with Gasteiger partial charge in [0, 0.05) is 37.3 Å². The second kappa shape index (κ2) is 8.03. The summed E-state index contributed by atoms with van der Waals surface area (Å²) in [6.45, 7) is 4.02. The van der Waals surface area contributed by atoms with E-state index in [1.54, 1.807) is 24.3 Å². The zero-order valence-corrected chi connectivity index (χ0v) is 17.7. The summed E-state index contributed by atoms with van der Waals surface area (Å²) in [6, 6.07) is 6.58. The van der Waals surface area contributed by atoms with Gasteiger partial charge in [-0.25, -0.2) is 8.42 Å². The number of fused-ring (bicyclic) bond motifs is 1. The topological polar surface area (TPSA) is 74.8 Å². The number of nitrogens with zero attached hydrogens (tertiary/aromatic N) is 2. The largest absolute Gasteiger partial charge is 0.367 e. The third kappa shape index (κ3) is 3.66. The number of carbonyl (C=O) groups excluding carboxylic acids is 2. The molecular weight excluding hydrogens is 388 g/mol. The Bertz CT molecular complexity index is 959. The van der Waals surface area contributed by atoms with E-state index in [4.69, 9.17) is 0 Å². The number of ketones is 2. The van der Waals surface area contributed by atoms with Crippen molar-refractivity contribution in [2.45, 2.75) is 45.4 Å². The lowest BCUT2D eigenvalue weighted by molar-refractivity contribution is 0.0946. The first kappa shape index (κ1) is 20.3. The van der Waals surface area contributed by atoms with Gasteiger partial charge in [0.2, 0.25) is 21.6 Å². The van der Waals surface area contributed by atoms with Crippen LogP contribution in [0.1, 0.15) is 66.2 Å². The van der Waals surface area contributed by atoms with E-state index in [2.05, 4.69) is 0 Å². The van der Waals surface area contributed by atoms with E-state index in [1.807, 2.05) is 11.8 Å².